The molecule has 0 aliphatic carbocycles. The maximum absolute atomic E-state index is 12.1. The van der Waals surface area contributed by atoms with Crippen molar-refractivity contribution >= 4 is 28.8 Å². The average molecular weight is 356 g/mol. The molecular weight excluding hydrogens is 332 g/mol. The molecule has 1 aliphatic heterocycles. The summed E-state index contributed by atoms with van der Waals surface area (Å²) in [7, 11) is 0. The highest BCUT2D eigenvalue weighted by molar-refractivity contribution is 6.04. The van der Waals surface area contributed by atoms with E-state index < -0.39 is 0 Å². The summed E-state index contributed by atoms with van der Waals surface area (Å²) in [5.41, 5.74) is 1.61. The first kappa shape index (κ1) is 17.9. The zero-order valence-electron chi connectivity index (χ0n) is 15.1. The van der Waals surface area contributed by atoms with Gasteiger partial charge >= 0.3 is 0 Å². The molecular formula is C18H24N6O2. The number of hydrogen-bond donors (Lipinski definition) is 3. The van der Waals surface area contributed by atoms with Crippen LogP contribution < -0.4 is 10.6 Å². The van der Waals surface area contributed by atoms with Gasteiger partial charge in [-0.3, -0.25) is 9.59 Å². The number of aromatic amines is 1. The zero-order chi connectivity index (χ0) is 18.7. The smallest absolute Gasteiger partial charge is 0.255 e. The molecule has 0 radical (unpaired) electrons. The average Bonchev–Trinajstić information content (AvgIpc) is 3.05. The maximum Gasteiger partial charge on any atom is 0.255 e. The van der Waals surface area contributed by atoms with E-state index in [1.54, 1.807) is 12.4 Å². The first-order valence-corrected chi connectivity index (χ1v) is 8.85. The van der Waals surface area contributed by atoms with E-state index in [4.69, 9.17) is 0 Å². The van der Waals surface area contributed by atoms with Gasteiger partial charge < -0.3 is 20.5 Å². The van der Waals surface area contributed by atoms with Gasteiger partial charge in [-0.2, -0.15) is 0 Å². The van der Waals surface area contributed by atoms with Gasteiger partial charge in [-0.1, -0.05) is 6.58 Å². The van der Waals surface area contributed by atoms with Crippen LogP contribution >= 0.6 is 0 Å². The molecule has 0 spiro atoms. The summed E-state index contributed by atoms with van der Waals surface area (Å²) in [5.74, 6) is 0.425. The van der Waals surface area contributed by atoms with Crippen LogP contribution in [0.25, 0.3) is 11.2 Å². The minimum absolute atomic E-state index is 0.0314. The fraction of sp³-hybridized carbons (Fsp3) is 0.444. The van der Waals surface area contributed by atoms with Gasteiger partial charge in [0.1, 0.15) is 11.3 Å². The number of H-pyrrole nitrogens is 1. The Kier molecular flexibility index (Phi) is 5.20. The number of rotatable bonds is 5. The third-order valence-electron chi connectivity index (χ3n) is 4.65. The molecule has 2 aromatic heterocycles. The number of nitrogens with one attached hydrogen (secondary N) is 3. The van der Waals surface area contributed by atoms with Crippen LogP contribution in [0.1, 0.15) is 37.0 Å². The molecule has 0 saturated carbocycles. The Labute approximate surface area is 152 Å². The van der Waals surface area contributed by atoms with Gasteiger partial charge in [0.25, 0.3) is 5.91 Å². The maximum atomic E-state index is 12.1. The molecule has 0 bridgehead atoms. The van der Waals surface area contributed by atoms with Crippen molar-refractivity contribution in [2.75, 3.05) is 18.4 Å². The Bertz CT molecular complexity index is 830. The van der Waals surface area contributed by atoms with Crippen molar-refractivity contribution in [2.24, 2.45) is 0 Å². The Hall–Kier alpha value is -2.90. The number of carbonyl (C=O) groups is 2. The van der Waals surface area contributed by atoms with Crippen LogP contribution in [0.2, 0.25) is 0 Å². The highest BCUT2D eigenvalue weighted by Crippen LogP contribution is 2.22. The van der Waals surface area contributed by atoms with Gasteiger partial charge in [0, 0.05) is 31.4 Å². The third kappa shape index (κ3) is 3.54. The Morgan fingerprint density at radius 3 is 3.00 bits per heavy atom. The number of nitrogens with zero attached hydrogens (tertiary/aromatic N) is 3. The second-order valence-electron chi connectivity index (χ2n) is 6.46. The number of likely N-dealkylation sites (tertiary alicyclic amines) is 1. The van der Waals surface area contributed by atoms with E-state index in [9.17, 15) is 9.59 Å². The van der Waals surface area contributed by atoms with Gasteiger partial charge in [0.2, 0.25) is 5.91 Å². The molecule has 2 atom stereocenters. The fourth-order valence-corrected chi connectivity index (χ4v) is 3.35. The molecule has 26 heavy (non-hydrogen) atoms. The molecule has 3 heterocycles. The van der Waals surface area contributed by atoms with Crippen LogP contribution in [0.3, 0.4) is 0 Å². The molecule has 1 aliphatic rings. The Balaban J connectivity index is 1.73. The van der Waals surface area contributed by atoms with E-state index in [-0.39, 0.29) is 23.9 Å². The number of hydrogen-bond acceptors (Lipinski definition) is 5. The van der Waals surface area contributed by atoms with Gasteiger partial charge in [0.05, 0.1) is 11.8 Å². The first-order valence-electron chi connectivity index (χ1n) is 8.85. The normalized spacial score (nSPS) is 20.0. The molecule has 8 nitrogen and oxygen atoms in total. The predicted octanol–water partition coefficient (Wildman–Crippen LogP) is 1.69. The highest BCUT2D eigenvalue weighted by atomic mass is 16.2. The number of fused-ring (bicyclic) bond motifs is 1. The molecule has 2 amide bonds. The topological polar surface area (TPSA) is 103 Å². The molecule has 138 valence electrons. The van der Waals surface area contributed by atoms with Crippen molar-refractivity contribution in [1.29, 1.82) is 0 Å². The summed E-state index contributed by atoms with van der Waals surface area (Å²) in [6.45, 7) is 8.68. The van der Waals surface area contributed by atoms with Gasteiger partial charge in [-0.25, -0.2) is 9.97 Å². The largest absolute Gasteiger partial charge is 0.366 e. The molecule has 8 heteroatoms. The van der Waals surface area contributed by atoms with Crippen LogP contribution in [0.15, 0.2) is 25.0 Å². The van der Waals surface area contributed by atoms with Crippen molar-refractivity contribution < 1.29 is 9.59 Å². The summed E-state index contributed by atoms with van der Waals surface area (Å²) in [4.78, 5) is 37.7. The second kappa shape index (κ2) is 7.55. The minimum Gasteiger partial charge on any atom is -0.366 e. The number of amides is 2. The lowest BCUT2D eigenvalue weighted by molar-refractivity contribution is -0.129. The molecule has 0 aromatic carbocycles. The number of aromatic nitrogens is 3. The van der Waals surface area contributed by atoms with Crippen LogP contribution in [0.4, 0.5) is 5.82 Å². The lowest BCUT2D eigenvalue weighted by Gasteiger charge is -2.37. The SMILES string of the molecule is C=CC(=O)N1CC[C@H](Nc2cnc3[nH]cc(C(=O)NCC)c3n2)C[C@@H]1C. The van der Waals surface area contributed by atoms with Crippen LogP contribution in [0.5, 0.6) is 0 Å². The van der Waals surface area contributed by atoms with Gasteiger partial charge in [-0.15, -0.1) is 0 Å². The lowest BCUT2D eigenvalue weighted by atomic mass is 9.98. The summed E-state index contributed by atoms with van der Waals surface area (Å²) in [6, 6.07) is 0.319. The standard InChI is InChI=1S/C18H24N6O2/c1-4-15(25)24-7-6-12(8-11(24)3)22-14-10-21-17-16(23-14)13(9-20-17)18(26)19-5-2/h4,9-12H,1,5-8H2,2-3H3,(H,19,26)(H,20,21)(H,22,23)/t11-,12-/m0/s1. The highest BCUT2D eigenvalue weighted by Gasteiger charge is 2.27. The summed E-state index contributed by atoms with van der Waals surface area (Å²) >= 11 is 0. The number of carbonyl (C=O) groups excluding carboxylic acids is 2. The summed E-state index contributed by atoms with van der Waals surface area (Å²) in [6.07, 6.45) is 6.28. The molecule has 3 rings (SSSR count). The van der Waals surface area contributed by atoms with Crippen LogP contribution in [-0.4, -0.2) is 56.8 Å². The first-order chi connectivity index (χ1) is 12.5. The van der Waals surface area contributed by atoms with Crippen molar-refractivity contribution in [1.82, 2.24) is 25.2 Å². The Morgan fingerprint density at radius 2 is 2.31 bits per heavy atom. The number of piperidine rings is 1. The molecule has 2 aromatic rings. The predicted molar refractivity (Wildman–Crippen MR) is 99.9 cm³/mol. The van der Waals surface area contributed by atoms with Gasteiger partial charge in [-0.05, 0) is 32.8 Å². The molecule has 0 unspecified atom stereocenters. The van der Waals surface area contributed by atoms with Crippen LogP contribution in [-0.2, 0) is 4.79 Å². The van der Waals surface area contributed by atoms with Crippen molar-refractivity contribution in [3.63, 3.8) is 0 Å². The van der Waals surface area contributed by atoms with E-state index in [0.29, 0.717) is 35.6 Å². The summed E-state index contributed by atoms with van der Waals surface area (Å²) in [5, 5.41) is 6.16. The molecule has 1 saturated heterocycles. The van der Waals surface area contributed by atoms with Crippen molar-refractivity contribution in [2.45, 2.75) is 38.8 Å². The fourth-order valence-electron chi connectivity index (χ4n) is 3.35. The van der Waals surface area contributed by atoms with Crippen molar-refractivity contribution in [3.05, 3.63) is 30.6 Å². The monoisotopic (exact) mass is 356 g/mol. The number of anilines is 1. The lowest BCUT2D eigenvalue weighted by Crippen LogP contribution is -2.47. The summed E-state index contributed by atoms with van der Waals surface area (Å²) < 4.78 is 0. The third-order valence-corrected chi connectivity index (χ3v) is 4.65. The molecule has 1 fully saturated rings. The van der Waals surface area contributed by atoms with Gasteiger partial charge in [0.15, 0.2) is 5.65 Å². The van der Waals surface area contributed by atoms with Crippen molar-refractivity contribution in [3.8, 4) is 0 Å². The van der Waals surface area contributed by atoms with E-state index in [2.05, 4.69) is 32.2 Å². The molecule has 3 N–H and O–H groups in total. The van der Waals surface area contributed by atoms with E-state index in [1.165, 1.54) is 6.08 Å². The quantitative estimate of drug-likeness (QED) is 0.708. The Morgan fingerprint density at radius 1 is 1.50 bits per heavy atom. The zero-order valence-corrected chi connectivity index (χ0v) is 15.1. The van der Waals surface area contributed by atoms with E-state index in [1.807, 2.05) is 18.7 Å². The minimum atomic E-state index is -0.171. The van der Waals surface area contributed by atoms with E-state index in [0.717, 1.165) is 12.8 Å². The van der Waals surface area contributed by atoms with E-state index >= 15 is 0 Å². The van der Waals surface area contributed by atoms with Crippen LogP contribution in [0, 0.1) is 0 Å². The second-order valence-corrected chi connectivity index (χ2v) is 6.46.